The number of amides is 1. The lowest BCUT2D eigenvalue weighted by Crippen LogP contribution is -2.34. The molecule has 4 nitrogen and oxygen atoms in total. The molecule has 4 heteroatoms. The van der Waals surface area contributed by atoms with Gasteiger partial charge < -0.3 is 14.4 Å². The highest BCUT2D eigenvalue weighted by Gasteiger charge is 2.20. The van der Waals surface area contributed by atoms with Crippen molar-refractivity contribution >= 4 is 11.5 Å². The van der Waals surface area contributed by atoms with Crippen LogP contribution in [0.5, 0.6) is 11.5 Å². The molecule has 27 heavy (non-hydrogen) atoms. The van der Waals surface area contributed by atoms with Crippen LogP contribution in [0.4, 0.5) is 0 Å². The monoisotopic (exact) mass is 365 g/mol. The lowest BCUT2D eigenvalue weighted by atomic mass is 9.99. The normalized spacial score (nSPS) is 13.9. The molecule has 3 rings (SSSR count). The Kier molecular flexibility index (Phi) is 6.53. The number of unbranched alkanes of at least 4 members (excludes halogenated alkanes) is 1. The summed E-state index contributed by atoms with van der Waals surface area (Å²) >= 11 is 0. The van der Waals surface area contributed by atoms with Crippen LogP contribution in [0.3, 0.4) is 0 Å². The average molecular weight is 365 g/mol. The molecule has 1 amide bonds. The molecule has 0 N–H and O–H groups in total. The van der Waals surface area contributed by atoms with Gasteiger partial charge in [-0.1, -0.05) is 49.8 Å². The highest BCUT2D eigenvalue weighted by Crippen LogP contribution is 2.29. The van der Waals surface area contributed by atoms with Crippen LogP contribution in [-0.4, -0.2) is 37.6 Å². The van der Waals surface area contributed by atoms with Crippen LogP contribution in [0.25, 0.3) is 5.57 Å². The van der Waals surface area contributed by atoms with Crippen LogP contribution in [-0.2, 0) is 0 Å². The number of methoxy groups -OCH3 is 1. The number of hydrogen-bond acceptors (Lipinski definition) is 3. The second-order valence-electron chi connectivity index (χ2n) is 6.66. The maximum absolute atomic E-state index is 12.9. The molecule has 0 spiro atoms. The fourth-order valence-corrected chi connectivity index (χ4v) is 3.20. The van der Waals surface area contributed by atoms with Crippen molar-refractivity contribution in [3.8, 4) is 11.5 Å². The molecule has 2 aromatic carbocycles. The summed E-state index contributed by atoms with van der Waals surface area (Å²) in [6.45, 7) is 4.12. The van der Waals surface area contributed by atoms with E-state index in [9.17, 15) is 4.79 Å². The molecule has 1 aliphatic rings. The Labute approximate surface area is 161 Å². The van der Waals surface area contributed by atoms with Crippen molar-refractivity contribution in [1.29, 1.82) is 0 Å². The summed E-state index contributed by atoms with van der Waals surface area (Å²) in [5.41, 5.74) is 3.17. The Balaban J connectivity index is 1.68. The lowest BCUT2D eigenvalue weighted by molar-refractivity contribution is 0.0772. The number of benzene rings is 2. The molecule has 0 aliphatic carbocycles. The van der Waals surface area contributed by atoms with Gasteiger partial charge in [0.15, 0.2) is 11.5 Å². The zero-order valence-electron chi connectivity index (χ0n) is 16.1. The van der Waals surface area contributed by atoms with Gasteiger partial charge in [-0.3, -0.25) is 4.79 Å². The largest absolute Gasteiger partial charge is 0.493 e. The molecule has 0 saturated heterocycles. The molecule has 1 heterocycles. The van der Waals surface area contributed by atoms with Crippen molar-refractivity contribution in [3.63, 3.8) is 0 Å². The molecule has 0 unspecified atom stereocenters. The number of nitrogens with zero attached hydrogens (tertiary/aromatic N) is 1. The first kappa shape index (κ1) is 19.0. The number of ether oxygens (including phenoxy) is 2. The van der Waals surface area contributed by atoms with Crippen molar-refractivity contribution in [2.75, 3.05) is 26.8 Å². The van der Waals surface area contributed by atoms with E-state index in [2.05, 4.69) is 25.1 Å². The third kappa shape index (κ3) is 4.70. The summed E-state index contributed by atoms with van der Waals surface area (Å²) < 4.78 is 11.2. The molecule has 0 bridgehead atoms. The Bertz CT molecular complexity index is 799. The SMILES string of the molecule is CCCCOc1ccc(C(=O)N2CC=C(c3ccccc3)CC2)cc1OC. The van der Waals surface area contributed by atoms with E-state index in [1.807, 2.05) is 35.2 Å². The molecule has 0 atom stereocenters. The molecule has 1 aliphatic heterocycles. The third-order valence-electron chi connectivity index (χ3n) is 4.81. The fraction of sp³-hybridized carbons (Fsp3) is 0.348. The van der Waals surface area contributed by atoms with Gasteiger partial charge in [0.2, 0.25) is 0 Å². The number of carbonyl (C=O) groups is 1. The van der Waals surface area contributed by atoms with Crippen molar-refractivity contribution in [2.24, 2.45) is 0 Å². The van der Waals surface area contributed by atoms with Crippen LogP contribution in [0.15, 0.2) is 54.6 Å². The van der Waals surface area contributed by atoms with Crippen LogP contribution in [0.2, 0.25) is 0 Å². The van der Waals surface area contributed by atoms with Gasteiger partial charge in [-0.25, -0.2) is 0 Å². The first-order valence-electron chi connectivity index (χ1n) is 9.57. The predicted octanol–water partition coefficient (Wildman–Crippen LogP) is 4.80. The van der Waals surface area contributed by atoms with E-state index in [1.54, 1.807) is 13.2 Å². The van der Waals surface area contributed by atoms with Gasteiger partial charge >= 0.3 is 0 Å². The summed E-state index contributed by atoms with van der Waals surface area (Å²) in [7, 11) is 1.60. The first-order chi connectivity index (χ1) is 13.2. The van der Waals surface area contributed by atoms with E-state index in [0.717, 1.165) is 25.8 Å². The van der Waals surface area contributed by atoms with E-state index < -0.39 is 0 Å². The van der Waals surface area contributed by atoms with E-state index >= 15 is 0 Å². The molecule has 0 radical (unpaired) electrons. The van der Waals surface area contributed by atoms with Crippen LogP contribution in [0, 0.1) is 0 Å². The van der Waals surface area contributed by atoms with Gasteiger partial charge in [0, 0.05) is 18.7 Å². The number of rotatable bonds is 7. The van der Waals surface area contributed by atoms with Crippen molar-refractivity contribution < 1.29 is 14.3 Å². The lowest BCUT2D eigenvalue weighted by Gasteiger charge is -2.27. The number of carbonyl (C=O) groups excluding carboxylic acids is 1. The molecule has 142 valence electrons. The van der Waals surface area contributed by atoms with Gasteiger partial charge in [-0.15, -0.1) is 0 Å². The Morgan fingerprint density at radius 1 is 1.11 bits per heavy atom. The molecule has 0 saturated carbocycles. The van der Waals surface area contributed by atoms with Crippen molar-refractivity contribution in [2.45, 2.75) is 26.2 Å². The van der Waals surface area contributed by atoms with Crippen LogP contribution in [0.1, 0.15) is 42.1 Å². The molecule has 0 fully saturated rings. The van der Waals surface area contributed by atoms with E-state index in [1.165, 1.54) is 11.1 Å². The first-order valence-corrected chi connectivity index (χ1v) is 9.57. The van der Waals surface area contributed by atoms with Gasteiger partial charge in [0.25, 0.3) is 5.91 Å². The highest BCUT2D eigenvalue weighted by atomic mass is 16.5. The molecular weight excluding hydrogens is 338 g/mol. The van der Waals surface area contributed by atoms with Crippen molar-refractivity contribution in [1.82, 2.24) is 4.90 Å². The second kappa shape index (κ2) is 9.26. The molecule has 0 aromatic heterocycles. The summed E-state index contributed by atoms with van der Waals surface area (Å²) in [4.78, 5) is 14.8. The minimum Gasteiger partial charge on any atom is -0.493 e. The van der Waals surface area contributed by atoms with E-state index in [-0.39, 0.29) is 5.91 Å². The minimum absolute atomic E-state index is 0.0248. The summed E-state index contributed by atoms with van der Waals surface area (Å²) in [6.07, 6.45) is 5.08. The second-order valence-corrected chi connectivity index (χ2v) is 6.66. The van der Waals surface area contributed by atoms with Gasteiger partial charge in [-0.05, 0) is 42.2 Å². The Morgan fingerprint density at radius 2 is 1.93 bits per heavy atom. The summed E-state index contributed by atoms with van der Waals surface area (Å²) in [5, 5.41) is 0. The number of hydrogen-bond donors (Lipinski definition) is 0. The maximum Gasteiger partial charge on any atom is 0.254 e. The smallest absolute Gasteiger partial charge is 0.254 e. The average Bonchev–Trinajstić information content (AvgIpc) is 2.74. The fourth-order valence-electron chi connectivity index (χ4n) is 3.20. The predicted molar refractivity (Wildman–Crippen MR) is 108 cm³/mol. The topological polar surface area (TPSA) is 38.8 Å². The minimum atomic E-state index is 0.0248. The van der Waals surface area contributed by atoms with Gasteiger partial charge in [-0.2, -0.15) is 0 Å². The Morgan fingerprint density at radius 3 is 2.59 bits per heavy atom. The third-order valence-corrected chi connectivity index (χ3v) is 4.81. The maximum atomic E-state index is 12.9. The zero-order valence-corrected chi connectivity index (χ0v) is 16.1. The van der Waals surface area contributed by atoms with Gasteiger partial charge in [0.05, 0.1) is 13.7 Å². The highest BCUT2D eigenvalue weighted by molar-refractivity contribution is 5.95. The van der Waals surface area contributed by atoms with Gasteiger partial charge in [0.1, 0.15) is 0 Å². The summed E-state index contributed by atoms with van der Waals surface area (Å²) in [6, 6.07) is 15.8. The van der Waals surface area contributed by atoms with Crippen molar-refractivity contribution in [3.05, 3.63) is 65.7 Å². The Hall–Kier alpha value is -2.75. The summed E-state index contributed by atoms with van der Waals surface area (Å²) in [5.74, 6) is 1.32. The van der Waals surface area contributed by atoms with Crippen LogP contribution >= 0.6 is 0 Å². The quantitative estimate of drug-likeness (QED) is 0.661. The zero-order chi connectivity index (χ0) is 19.1. The van der Waals surface area contributed by atoms with E-state index in [4.69, 9.17) is 9.47 Å². The molecular formula is C23H27NO3. The standard InChI is InChI=1S/C23H27NO3/c1-3-4-16-27-21-11-10-20(17-22(21)26-2)23(25)24-14-12-19(13-15-24)18-8-6-5-7-9-18/h5-12,17H,3-4,13-16H2,1-2H3. The van der Waals surface area contributed by atoms with E-state index in [0.29, 0.717) is 30.2 Å². The van der Waals surface area contributed by atoms with Crippen LogP contribution < -0.4 is 9.47 Å². The molecule has 2 aromatic rings.